The van der Waals surface area contributed by atoms with Gasteiger partial charge in [-0.2, -0.15) is 0 Å². The van der Waals surface area contributed by atoms with Crippen LogP contribution in [0, 0.1) is 13.8 Å². The Hall–Kier alpha value is -3.09. The molecule has 2 amide bonds. The number of amides is 2. The summed E-state index contributed by atoms with van der Waals surface area (Å²) >= 11 is 0. The van der Waals surface area contributed by atoms with E-state index in [0.717, 1.165) is 11.1 Å². The maximum atomic E-state index is 12.0. The molecule has 0 aliphatic heterocycles. The molecule has 0 saturated carbocycles. The van der Waals surface area contributed by atoms with Gasteiger partial charge in [-0.05, 0) is 49.2 Å². The van der Waals surface area contributed by atoms with E-state index in [1.807, 2.05) is 19.9 Å². The van der Waals surface area contributed by atoms with Gasteiger partial charge in [0.2, 0.25) is 0 Å². The zero-order valence-corrected chi connectivity index (χ0v) is 14.1. The third-order valence-electron chi connectivity index (χ3n) is 3.57. The molecule has 1 heterocycles. The lowest BCUT2D eigenvalue weighted by Crippen LogP contribution is -2.33. The number of aryl methyl sites for hydroxylation is 2. The first kappa shape index (κ1) is 18.3. The Labute approximate surface area is 145 Å². The molecule has 2 rings (SSSR count). The molecule has 2 aromatic rings. The summed E-state index contributed by atoms with van der Waals surface area (Å²) in [4.78, 5) is 35.1. The Morgan fingerprint density at radius 2 is 1.88 bits per heavy atom. The summed E-state index contributed by atoms with van der Waals surface area (Å²) in [6.07, 6.45) is 1.50. The van der Waals surface area contributed by atoms with Gasteiger partial charge in [0, 0.05) is 5.56 Å². The van der Waals surface area contributed by atoms with Crippen molar-refractivity contribution in [2.24, 2.45) is 0 Å². The quantitative estimate of drug-likeness (QED) is 0.742. The number of hydrogen-bond donors (Lipinski definition) is 2. The third-order valence-corrected chi connectivity index (χ3v) is 3.57. The first-order chi connectivity index (χ1) is 12.0. The zero-order chi connectivity index (χ0) is 18.2. The Balaban J connectivity index is 1.68. The smallest absolute Gasteiger partial charge is 0.325 e. The fraction of sp³-hybridized carbons (Fsp3) is 0.278. The topological polar surface area (TPSA) is 97.6 Å². The van der Waals surface area contributed by atoms with Gasteiger partial charge in [-0.1, -0.05) is 6.07 Å². The Morgan fingerprint density at radius 1 is 1.08 bits per heavy atom. The van der Waals surface area contributed by atoms with E-state index in [-0.39, 0.29) is 19.0 Å². The Morgan fingerprint density at radius 3 is 2.56 bits per heavy atom. The molecule has 7 nitrogen and oxygen atoms in total. The third kappa shape index (κ3) is 5.80. The van der Waals surface area contributed by atoms with E-state index >= 15 is 0 Å². The van der Waals surface area contributed by atoms with Crippen molar-refractivity contribution in [3.8, 4) is 0 Å². The highest BCUT2D eigenvalue weighted by molar-refractivity contribution is 5.96. The lowest BCUT2D eigenvalue weighted by atomic mass is 10.1. The molecule has 1 aromatic heterocycles. The van der Waals surface area contributed by atoms with Crippen molar-refractivity contribution < 1.29 is 23.5 Å². The van der Waals surface area contributed by atoms with E-state index in [1.165, 1.54) is 6.26 Å². The van der Waals surface area contributed by atoms with Crippen LogP contribution in [0.4, 0.5) is 0 Å². The predicted octanol–water partition coefficient (Wildman–Crippen LogP) is 1.49. The van der Waals surface area contributed by atoms with Crippen LogP contribution in [0.1, 0.15) is 27.2 Å². The minimum absolute atomic E-state index is 0.215. The molecule has 0 unspecified atom stereocenters. The number of benzene rings is 1. The fourth-order valence-electron chi connectivity index (χ4n) is 1.98. The number of ether oxygens (including phenoxy) is 1. The van der Waals surface area contributed by atoms with Gasteiger partial charge >= 0.3 is 5.97 Å². The monoisotopic (exact) mass is 344 g/mol. The summed E-state index contributed by atoms with van der Waals surface area (Å²) < 4.78 is 9.87. The molecule has 0 aliphatic carbocycles. The van der Waals surface area contributed by atoms with Crippen molar-refractivity contribution in [2.75, 3.05) is 13.2 Å². The molecule has 2 N–H and O–H groups in total. The summed E-state index contributed by atoms with van der Waals surface area (Å²) in [6, 6.07) is 8.70. The highest BCUT2D eigenvalue weighted by atomic mass is 16.5. The molecule has 0 radical (unpaired) electrons. The fourth-order valence-corrected chi connectivity index (χ4v) is 1.98. The van der Waals surface area contributed by atoms with Gasteiger partial charge in [0.05, 0.1) is 12.8 Å². The molecule has 25 heavy (non-hydrogen) atoms. The number of carbonyl (C=O) groups excluding carboxylic acids is 3. The van der Waals surface area contributed by atoms with Crippen LogP contribution in [0.5, 0.6) is 0 Å². The summed E-state index contributed by atoms with van der Waals surface area (Å²) in [7, 11) is 0. The molecule has 0 bridgehead atoms. The number of nitrogens with one attached hydrogen (secondary N) is 2. The summed E-state index contributed by atoms with van der Waals surface area (Å²) in [5, 5.41) is 5.01. The molecule has 0 fully saturated rings. The van der Waals surface area contributed by atoms with Crippen LogP contribution in [0.3, 0.4) is 0 Å². The van der Waals surface area contributed by atoms with Gasteiger partial charge in [-0.3, -0.25) is 14.4 Å². The minimum atomic E-state index is -0.690. The largest absolute Gasteiger partial charge is 0.467 e. The lowest BCUT2D eigenvalue weighted by molar-refractivity contribution is -0.147. The van der Waals surface area contributed by atoms with Gasteiger partial charge < -0.3 is 19.8 Å². The maximum Gasteiger partial charge on any atom is 0.325 e. The molecule has 0 saturated heterocycles. The van der Waals surface area contributed by atoms with Crippen LogP contribution in [0.2, 0.25) is 0 Å². The van der Waals surface area contributed by atoms with Gasteiger partial charge in [0.25, 0.3) is 11.8 Å². The van der Waals surface area contributed by atoms with Crippen molar-refractivity contribution >= 4 is 17.8 Å². The van der Waals surface area contributed by atoms with Gasteiger partial charge in [-0.25, -0.2) is 0 Å². The van der Waals surface area contributed by atoms with Crippen LogP contribution in [0.15, 0.2) is 41.0 Å². The molecule has 0 atom stereocenters. The van der Waals surface area contributed by atoms with Gasteiger partial charge in [0.15, 0.2) is 6.61 Å². The van der Waals surface area contributed by atoms with Crippen LogP contribution >= 0.6 is 0 Å². The second-order valence-electron chi connectivity index (χ2n) is 5.50. The molecule has 7 heteroatoms. The van der Waals surface area contributed by atoms with E-state index < -0.39 is 18.5 Å². The standard InChI is InChI=1S/C18H20N2O5/c1-12-5-6-14(8-13(12)2)18(23)20-10-17(22)25-11-16(21)19-9-15-4-3-7-24-15/h3-8H,9-11H2,1-2H3,(H,19,21)(H,20,23). The highest BCUT2D eigenvalue weighted by Gasteiger charge is 2.11. The van der Waals surface area contributed by atoms with Crippen molar-refractivity contribution in [1.29, 1.82) is 0 Å². The average Bonchev–Trinajstić information content (AvgIpc) is 3.12. The molecule has 0 aliphatic rings. The lowest BCUT2D eigenvalue weighted by Gasteiger charge is -2.08. The van der Waals surface area contributed by atoms with Crippen LogP contribution in [-0.2, 0) is 20.9 Å². The number of carbonyl (C=O) groups is 3. The Kier molecular flexibility index (Phi) is 6.33. The van der Waals surface area contributed by atoms with Gasteiger partial charge in [0.1, 0.15) is 12.3 Å². The number of rotatable bonds is 7. The first-order valence-corrected chi connectivity index (χ1v) is 7.76. The van der Waals surface area contributed by atoms with Crippen LogP contribution < -0.4 is 10.6 Å². The number of esters is 1. The van der Waals surface area contributed by atoms with Crippen molar-refractivity contribution in [1.82, 2.24) is 10.6 Å². The molecular formula is C18H20N2O5. The van der Waals surface area contributed by atoms with Crippen LogP contribution in [-0.4, -0.2) is 30.9 Å². The maximum absolute atomic E-state index is 12.0. The van der Waals surface area contributed by atoms with Gasteiger partial charge in [-0.15, -0.1) is 0 Å². The first-order valence-electron chi connectivity index (χ1n) is 7.76. The second-order valence-corrected chi connectivity index (χ2v) is 5.50. The van der Waals surface area contributed by atoms with E-state index in [1.54, 1.807) is 24.3 Å². The summed E-state index contributed by atoms with van der Waals surface area (Å²) in [6.45, 7) is 3.34. The summed E-state index contributed by atoms with van der Waals surface area (Å²) in [5.74, 6) is -0.918. The SMILES string of the molecule is Cc1ccc(C(=O)NCC(=O)OCC(=O)NCc2ccco2)cc1C. The van der Waals surface area contributed by atoms with Crippen molar-refractivity contribution in [2.45, 2.75) is 20.4 Å². The minimum Gasteiger partial charge on any atom is -0.467 e. The van der Waals surface area contributed by atoms with E-state index in [9.17, 15) is 14.4 Å². The Bertz CT molecular complexity index is 753. The average molecular weight is 344 g/mol. The van der Waals surface area contributed by atoms with E-state index in [0.29, 0.717) is 11.3 Å². The van der Waals surface area contributed by atoms with Crippen molar-refractivity contribution in [3.05, 3.63) is 59.0 Å². The summed E-state index contributed by atoms with van der Waals surface area (Å²) in [5.41, 5.74) is 2.53. The molecule has 0 spiro atoms. The molecule has 132 valence electrons. The normalized spacial score (nSPS) is 10.2. The van der Waals surface area contributed by atoms with E-state index in [4.69, 9.17) is 9.15 Å². The zero-order valence-electron chi connectivity index (χ0n) is 14.1. The molecule has 1 aromatic carbocycles. The highest BCUT2D eigenvalue weighted by Crippen LogP contribution is 2.09. The number of furan rings is 1. The predicted molar refractivity (Wildman–Crippen MR) is 89.8 cm³/mol. The molecular weight excluding hydrogens is 324 g/mol. The second kappa shape index (κ2) is 8.68. The van der Waals surface area contributed by atoms with Crippen molar-refractivity contribution in [3.63, 3.8) is 0 Å². The van der Waals surface area contributed by atoms with E-state index in [2.05, 4.69) is 10.6 Å². The number of hydrogen-bond acceptors (Lipinski definition) is 5. The van der Waals surface area contributed by atoms with Crippen LogP contribution in [0.25, 0.3) is 0 Å².